The molecule has 1 aromatic heterocycles. The van der Waals surface area contributed by atoms with E-state index in [2.05, 4.69) is 22.4 Å². The molecule has 0 fully saturated rings. The number of anilines is 1. The molecule has 0 bridgehead atoms. The normalized spacial score (nSPS) is 12.6. The number of hydrogen-bond acceptors (Lipinski definition) is 2. The Morgan fingerprint density at radius 3 is 3.07 bits per heavy atom. The smallest absolute Gasteiger partial charge is 0.0937 e. The molecule has 0 saturated carbocycles. The lowest BCUT2D eigenvalue weighted by atomic mass is 9.99. The third-order valence-corrected chi connectivity index (χ3v) is 2.80. The Balaban J connectivity index is 2.26. The van der Waals surface area contributed by atoms with E-state index in [1.807, 2.05) is 18.2 Å². The molecule has 1 aliphatic heterocycles. The number of fused-ring (bicyclic) bond motifs is 3. The van der Waals surface area contributed by atoms with Gasteiger partial charge in [-0.2, -0.15) is 0 Å². The monoisotopic (exact) mass is 216 g/mol. The number of rotatable bonds is 0. The van der Waals surface area contributed by atoms with Gasteiger partial charge in [-0.1, -0.05) is 35.9 Å². The van der Waals surface area contributed by atoms with E-state index in [1.54, 1.807) is 6.20 Å². The molecule has 3 heteroatoms. The zero-order valence-electron chi connectivity index (χ0n) is 8.00. The fourth-order valence-electron chi connectivity index (χ4n) is 1.88. The lowest BCUT2D eigenvalue weighted by Gasteiger charge is -2.20. The summed E-state index contributed by atoms with van der Waals surface area (Å²) in [4.78, 5) is 4.37. The standard InChI is InChI=1S/C12H9ClN2/c13-9-5-11-12(15-7-9)10-4-2-1-3-8(10)6-14-11/h1-5,7,14H,6H2. The first-order valence-electron chi connectivity index (χ1n) is 4.82. The first kappa shape index (κ1) is 8.74. The van der Waals surface area contributed by atoms with Gasteiger partial charge >= 0.3 is 0 Å². The molecule has 0 atom stereocenters. The third-order valence-electron chi connectivity index (χ3n) is 2.60. The van der Waals surface area contributed by atoms with Gasteiger partial charge in [0.2, 0.25) is 0 Å². The van der Waals surface area contributed by atoms with Gasteiger partial charge in [0.15, 0.2) is 0 Å². The van der Waals surface area contributed by atoms with Crippen LogP contribution in [0.15, 0.2) is 36.5 Å². The van der Waals surface area contributed by atoms with Gasteiger partial charge in [0, 0.05) is 18.3 Å². The SMILES string of the molecule is Clc1cnc2c(c1)NCc1ccccc1-2. The first-order valence-corrected chi connectivity index (χ1v) is 5.20. The number of halogens is 1. The number of aromatic nitrogens is 1. The molecular weight excluding hydrogens is 208 g/mol. The van der Waals surface area contributed by atoms with E-state index < -0.39 is 0 Å². The molecule has 74 valence electrons. The second-order valence-corrected chi connectivity index (χ2v) is 4.00. The molecule has 1 N–H and O–H groups in total. The van der Waals surface area contributed by atoms with Crippen molar-refractivity contribution in [2.24, 2.45) is 0 Å². The third kappa shape index (κ3) is 1.38. The average Bonchev–Trinajstić information content (AvgIpc) is 2.28. The molecule has 0 amide bonds. The van der Waals surface area contributed by atoms with Gasteiger partial charge in [0.25, 0.3) is 0 Å². The largest absolute Gasteiger partial charge is 0.379 e. The first-order chi connectivity index (χ1) is 7.34. The minimum atomic E-state index is 0.667. The Hall–Kier alpha value is -1.54. The summed E-state index contributed by atoms with van der Waals surface area (Å²) >= 11 is 5.90. The predicted octanol–water partition coefficient (Wildman–Crippen LogP) is 3.33. The van der Waals surface area contributed by atoms with E-state index in [0.717, 1.165) is 17.9 Å². The topological polar surface area (TPSA) is 24.9 Å². The summed E-state index contributed by atoms with van der Waals surface area (Å²) in [5.74, 6) is 0. The van der Waals surface area contributed by atoms with Crippen molar-refractivity contribution in [3.63, 3.8) is 0 Å². The van der Waals surface area contributed by atoms with E-state index in [-0.39, 0.29) is 0 Å². The summed E-state index contributed by atoms with van der Waals surface area (Å²) < 4.78 is 0. The van der Waals surface area contributed by atoms with Crippen molar-refractivity contribution in [2.75, 3.05) is 5.32 Å². The summed E-state index contributed by atoms with van der Waals surface area (Å²) in [5, 5.41) is 3.98. The fraction of sp³-hybridized carbons (Fsp3) is 0.0833. The maximum Gasteiger partial charge on any atom is 0.0937 e. The van der Waals surface area contributed by atoms with Crippen LogP contribution in [0.3, 0.4) is 0 Å². The molecule has 15 heavy (non-hydrogen) atoms. The van der Waals surface area contributed by atoms with Crippen molar-refractivity contribution in [3.8, 4) is 11.3 Å². The maximum absolute atomic E-state index is 5.90. The molecule has 3 rings (SSSR count). The minimum Gasteiger partial charge on any atom is -0.379 e. The Morgan fingerprint density at radius 2 is 2.13 bits per heavy atom. The second-order valence-electron chi connectivity index (χ2n) is 3.56. The van der Waals surface area contributed by atoms with Crippen LogP contribution in [0.25, 0.3) is 11.3 Å². The highest BCUT2D eigenvalue weighted by Gasteiger charge is 2.15. The van der Waals surface area contributed by atoms with Gasteiger partial charge < -0.3 is 5.32 Å². The van der Waals surface area contributed by atoms with E-state index in [4.69, 9.17) is 11.6 Å². The molecule has 0 aliphatic carbocycles. The second kappa shape index (κ2) is 3.24. The predicted molar refractivity (Wildman–Crippen MR) is 62.0 cm³/mol. The van der Waals surface area contributed by atoms with Crippen LogP contribution in [-0.2, 0) is 6.54 Å². The Bertz CT molecular complexity index is 523. The molecule has 0 unspecified atom stereocenters. The Kier molecular flexibility index (Phi) is 1.89. The highest BCUT2D eigenvalue weighted by molar-refractivity contribution is 6.30. The minimum absolute atomic E-state index is 0.667. The van der Waals surface area contributed by atoms with Gasteiger partial charge in [-0.15, -0.1) is 0 Å². The average molecular weight is 217 g/mol. The Morgan fingerprint density at radius 1 is 1.27 bits per heavy atom. The summed E-state index contributed by atoms with van der Waals surface area (Å²) in [7, 11) is 0. The van der Waals surface area contributed by atoms with Crippen LogP contribution >= 0.6 is 11.6 Å². The van der Waals surface area contributed by atoms with Crippen molar-refractivity contribution in [3.05, 3.63) is 47.1 Å². The van der Waals surface area contributed by atoms with E-state index >= 15 is 0 Å². The molecule has 2 aromatic rings. The van der Waals surface area contributed by atoms with Gasteiger partial charge in [-0.05, 0) is 11.6 Å². The summed E-state index contributed by atoms with van der Waals surface area (Å²) in [6, 6.07) is 10.2. The Labute approximate surface area is 92.9 Å². The van der Waals surface area contributed by atoms with Crippen LogP contribution < -0.4 is 5.32 Å². The zero-order valence-corrected chi connectivity index (χ0v) is 8.75. The van der Waals surface area contributed by atoms with E-state index in [1.165, 1.54) is 11.1 Å². The molecule has 0 radical (unpaired) electrons. The van der Waals surface area contributed by atoms with Crippen LogP contribution in [0.1, 0.15) is 5.56 Å². The number of pyridine rings is 1. The van der Waals surface area contributed by atoms with Gasteiger partial charge in [0.05, 0.1) is 16.4 Å². The fourth-order valence-corrected chi connectivity index (χ4v) is 2.04. The number of hydrogen-bond donors (Lipinski definition) is 1. The van der Waals surface area contributed by atoms with Crippen molar-refractivity contribution < 1.29 is 0 Å². The molecule has 0 saturated heterocycles. The van der Waals surface area contributed by atoms with Crippen LogP contribution in [-0.4, -0.2) is 4.98 Å². The van der Waals surface area contributed by atoms with Crippen molar-refractivity contribution in [1.29, 1.82) is 0 Å². The highest BCUT2D eigenvalue weighted by atomic mass is 35.5. The summed E-state index contributed by atoms with van der Waals surface area (Å²) in [5.41, 5.74) is 4.48. The van der Waals surface area contributed by atoms with Crippen molar-refractivity contribution >= 4 is 17.3 Å². The highest BCUT2D eigenvalue weighted by Crippen LogP contribution is 2.34. The number of nitrogens with one attached hydrogen (secondary N) is 1. The lowest BCUT2D eigenvalue weighted by molar-refractivity contribution is 1.10. The van der Waals surface area contributed by atoms with Crippen LogP contribution in [0, 0.1) is 0 Å². The summed E-state index contributed by atoms with van der Waals surface area (Å²) in [6.07, 6.45) is 1.68. The van der Waals surface area contributed by atoms with Gasteiger partial charge in [0.1, 0.15) is 0 Å². The number of nitrogens with zero attached hydrogens (tertiary/aromatic N) is 1. The van der Waals surface area contributed by atoms with Crippen molar-refractivity contribution in [1.82, 2.24) is 4.98 Å². The van der Waals surface area contributed by atoms with E-state index in [9.17, 15) is 0 Å². The quantitative estimate of drug-likeness (QED) is 0.731. The molecular formula is C12H9ClN2. The van der Waals surface area contributed by atoms with Crippen molar-refractivity contribution in [2.45, 2.75) is 6.54 Å². The number of benzene rings is 1. The van der Waals surface area contributed by atoms with Crippen LogP contribution in [0.2, 0.25) is 5.02 Å². The molecule has 0 spiro atoms. The molecule has 2 nitrogen and oxygen atoms in total. The lowest BCUT2D eigenvalue weighted by Crippen LogP contribution is -2.09. The molecule has 1 aromatic carbocycles. The van der Waals surface area contributed by atoms with E-state index in [0.29, 0.717) is 5.02 Å². The molecule has 2 heterocycles. The maximum atomic E-state index is 5.90. The molecule has 1 aliphatic rings. The van der Waals surface area contributed by atoms with Crippen LogP contribution in [0.5, 0.6) is 0 Å². The van der Waals surface area contributed by atoms with Gasteiger partial charge in [-0.25, -0.2) is 0 Å². The van der Waals surface area contributed by atoms with Crippen LogP contribution in [0.4, 0.5) is 5.69 Å². The summed E-state index contributed by atoms with van der Waals surface area (Å²) in [6.45, 7) is 0.838. The van der Waals surface area contributed by atoms with Gasteiger partial charge in [-0.3, -0.25) is 4.98 Å². The zero-order chi connectivity index (χ0) is 10.3.